The van der Waals surface area contributed by atoms with Gasteiger partial charge in [0.15, 0.2) is 0 Å². The first-order chi connectivity index (χ1) is 7.00. The van der Waals surface area contributed by atoms with Crippen molar-refractivity contribution in [2.45, 2.75) is 32.7 Å². The maximum Gasteiger partial charge on any atom is 0.135 e. The lowest BCUT2D eigenvalue weighted by molar-refractivity contribution is 0.506. The van der Waals surface area contributed by atoms with Crippen molar-refractivity contribution in [3.63, 3.8) is 0 Å². The minimum atomic E-state index is -0.0512. The molecule has 16 heavy (non-hydrogen) atoms. The molecule has 0 aliphatic rings. The maximum absolute atomic E-state index is 6.03. The Morgan fingerprint density at radius 2 is 1.88 bits per heavy atom. The van der Waals surface area contributed by atoms with E-state index in [1.807, 2.05) is 6.07 Å². The molecule has 0 aliphatic carbocycles. The van der Waals surface area contributed by atoms with Crippen LogP contribution in [0, 0.1) is 5.92 Å². The third-order valence-corrected chi connectivity index (χ3v) is 2.81. The van der Waals surface area contributed by atoms with Crippen LogP contribution >= 0.6 is 35.6 Å². The van der Waals surface area contributed by atoms with E-state index < -0.39 is 0 Å². The Morgan fingerprint density at radius 3 is 2.38 bits per heavy atom. The molecule has 0 fully saturated rings. The first kappa shape index (κ1) is 16.0. The summed E-state index contributed by atoms with van der Waals surface area (Å²) in [4.78, 5) is 3.97. The summed E-state index contributed by atoms with van der Waals surface area (Å²) in [5.41, 5.74) is 6.90. The lowest BCUT2D eigenvalue weighted by Gasteiger charge is -2.14. The lowest BCUT2D eigenvalue weighted by Crippen LogP contribution is -2.12. The SMILES string of the molecule is CC(C)CC[C@H](N)c1ccc(Cl)nc1Cl.Cl. The second-order valence-electron chi connectivity index (χ2n) is 4.09. The molecule has 0 spiro atoms. The molecule has 0 saturated carbocycles. The van der Waals surface area contributed by atoms with E-state index in [2.05, 4.69) is 18.8 Å². The monoisotopic (exact) mass is 282 g/mol. The van der Waals surface area contributed by atoms with Crippen LogP contribution in [-0.4, -0.2) is 4.98 Å². The van der Waals surface area contributed by atoms with Crippen molar-refractivity contribution in [1.82, 2.24) is 4.98 Å². The molecule has 1 rings (SSSR count). The van der Waals surface area contributed by atoms with Crippen LogP contribution in [0.2, 0.25) is 10.3 Å². The molecule has 1 aromatic heterocycles. The van der Waals surface area contributed by atoms with Crippen molar-refractivity contribution >= 4 is 35.6 Å². The standard InChI is InChI=1S/C11H16Cl2N2.ClH/c1-7(2)3-5-9(14)8-4-6-10(12)15-11(8)13;/h4,6-7,9H,3,5,14H2,1-2H3;1H/t9-;/m0./s1. The highest BCUT2D eigenvalue weighted by atomic mass is 35.5. The Hall–Kier alpha value is -0.0200. The van der Waals surface area contributed by atoms with Gasteiger partial charge < -0.3 is 5.73 Å². The Kier molecular flexibility index (Phi) is 7.32. The summed E-state index contributed by atoms with van der Waals surface area (Å²) >= 11 is 11.7. The van der Waals surface area contributed by atoms with Gasteiger partial charge in [0.1, 0.15) is 10.3 Å². The van der Waals surface area contributed by atoms with Gasteiger partial charge in [-0.1, -0.05) is 43.1 Å². The average Bonchev–Trinajstić information content (AvgIpc) is 2.14. The van der Waals surface area contributed by atoms with Crippen LogP contribution in [-0.2, 0) is 0 Å². The summed E-state index contributed by atoms with van der Waals surface area (Å²) in [7, 11) is 0. The summed E-state index contributed by atoms with van der Waals surface area (Å²) in [5.74, 6) is 0.648. The van der Waals surface area contributed by atoms with Crippen LogP contribution in [0.3, 0.4) is 0 Å². The third kappa shape index (κ3) is 4.88. The van der Waals surface area contributed by atoms with Gasteiger partial charge in [-0.2, -0.15) is 0 Å². The second kappa shape index (κ2) is 7.33. The van der Waals surface area contributed by atoms with E-state index in [1.54, 1.807) is 6.07 Å². The highest BCUT2D eigenvalue weighted by Crippen LogP contribution is 2.25. The number of pyridine rings is 1. The van der Waals surface area contributed by atoms with Crippen molar-refractivity contribution in [3.8, 4) is 0 Å². The molecule has 0 amide bonds. The number of nitrogens with zero attached hydrogens (tertiary/aromatic N) is 1. The fraction of sp³-hybridized carbons (Fsp3) is 0.545. The molecule has 2 N–H and O–H groups in total. The molecule has 0 radical (unpaired) electrons. The molecule has 5 heteroatoms. The van der Waals surface area contributed by atoms with Gasteiger partial charge in [-0.25, -0.2) is 4.98 Å². The van der Waals surface area contributed by atoms with Gasteiger partial charge in [0.25, 0.3) is 0 Å². The van der Waals surface area contributed by atoms with Crippen molar-refractivity contribution < 1.29 is 0 Å². The molecule has 2 nitrogen and oxygen atoms in total. The average molecular weight is 284 g/mol. The molecule has 0 bridgehead atoms. The van der Waals surface area contributed by atoms with E-state index in [9.17, 15) is 0 Å². The maximum atomic E-state index is 6.03. The summed E-state index contributed by atoms with van der Waals surface area (Å²) in [6.07, 6.45) is 2.00. The van der Waals surface area contributed by atoms with Gasteiger partial charge in [-0.3, -0.25) is 0 Å². The van der Waals surface area contributed by atoms with Gasteiger partial charge in [0, 0.05) is 11.6 Å². The van der Waals surface area contributed by atoms with E-state index >= 15 is 0 Å². The Bertz CT molecular complexity index is 329. The minimum Gasteiger partial charge on any atom is -0.324 e. The Labute approximate surface area is 113 Å². The van der Waals surface area contributed by atoms with Crippen molar-refractivity contribution in [1.29, 1.82) is 0 Å². The molecule has 0 saturated heterocycles. The van der Waals surface area contributed by atoms with E-state index in [1.165, 1.54) is 0 Å². The molecule has 0 aromatic carbocycles. The Morgan fingerprint density at radius 1 is 1.25 bits per heavy atom. The first-order valence-electron chi connectivity index (χ1n) is 5.08. The van der Waals surface area contributed by atoms with Crippen molar-refractivity contribution in [3.05, 3.63) is 28.0 Å². The summed E-state index contributed by atoms with van der Waals surface area (Å²) in [6.45, 7) is 4.35. The van der Waals surface area contributed by atoms with Gasteiger partial charge in [0.2, 0.25) is 0 Å². The van der Waals surface area contributed by atoms with Crippen molar-refractivity contribution in [2.24, 2.45) is 11.7 Å². The number of rotatable bonds is 4. The van der Waals surface area contributed by atoms with Gasteiger partial charge in [-0.05, 0) is 24.8 Å². The lowest BCUT2D eigenvalue weighted by atomic mass is 9.99. The highest BCUT2D eigenvalue weighted by molar-refractivity contribution is 6.32. The third-order valence-electron chi connectivity index (χ3n) is 2.30. The van der Waals surface area contributed by atoms with Gasteiger partial charge in [-0.15, -0.1) is 12.4 Å². The first-order valence-corrected chi connectivity index (χ1v) is 5.83. The summed E-state index contributed by atoms with van der Waals surface area (Å²) in [5, 5.41) is 0.818. The van der Waals surface area contributed by atoms with Gasteiger partial charge in [0.05, 0.1) is 0 Å². The van der Waals surface area contributed by atoms with Crippen LogP contribution < -0.4 is 5.73 Å². The topological polar surface area (TPSA) is 38.9 Å². The van der Waals surface area contributed by atoms with Crippen LogP contribution in [0.1, 0.15) is 38.3 Å². The number of nitrogens with two attached hydrogens (primary N) is 1. The number of halogens is 3. The number of aromatic nitrogens is 1. The van der Waals surface area contributed by atoms with E-state index in [0.29, 0.717) is 16.2 Å². The molecule has 0 aliphatic heterocycles. The zero-order chi connectivity index (χ0) is 11.4. The van der Waals surface area contributed by atoms with E-state index in [0.717, 1.165) is 18.4 Å². The minimum absolute atomic E-state index is 0. The van der Waals surface area contributed by atoms with E-state index in [-0.39, 0.29) is 18.4 Å². The molecular formula is C11H17Cl3N2. The summed E-state index contributed by atoms with van der Waals surface area (Å²) < 4.78 is 0. The predicted molar refractivity (Wildman–Crippen MR) is 72.5 cm³/mol. The van der Waals surface area contributed by atoms with Crippen LogP contribution in [0.5, 0.6) is 0 Å². The molecule has 1 atom stereocenters. The van der Waals surface area contributed by atoms with Crippen LogP contribution in [0.15, 0.2) is 12.1 Å². The fourth-order valence-corrected chi connectivity index (χ4v) is 1.85. The Balaban J connectivity index is 0.00000225. The molecule has 1 aromatic rings. The zero-order valence-corrected chi connectivity index (χ0v) is 11.7. The summed E-state index contributed by atoms with van der Waals surface area (Å²) in [6, 6.07) is 3.52. The normalized spacial score (nSPS) is 12.4. The van der Waals surface area contributed by atoms with E-state index in [4.69, 9.17) is 28.9 Å². The van der Waals surface area contributed by atoms with Gasteiger partial charge >= 0.3 is 0 Å². The van der Waals surface area contributed by atoms with Crippen LogP contribution in [0.4, 0.5) is 0 Å². The van der Waals surface area contributed by atoms with Crippen molar-refractivity contribution in [2.75, 3.05) is 0 Å². The highest BCUT2D eigenvalue weighted by Gasteiger charge is 2.11. The quantitative estimate of drug-likeness (QED) is 0.839. The molecular weight excluding hydrogens is 266 g/mol. The fourth-order valence-electron chi connectivity index (χ4n) is 1.37. The second-order valence-corrected chi connectivity index (χ2v) is 4.84. The predicted octanol–water partition coefficient (Wildman–Crippen LogP) is 4.25. The smallest absolute Gasteiger partial charge is 0.135 e. The van der Waals surface area contributed by atoms with Crippen LogP contribution in [0.25, 0.3) is 0 Å². The number of hydrogen-bond donors (Lipinski definition) is 1. The molecule has 92 valence electrons. The molecule has 1 heterocycles. The molecule has 0 unspecified atom stereocenters. The zero-order valence-electron chi connectivity index (χ0n) is 9.41. The largest absolute Gasteiger partial charge is 0.324 e. The number of hydrogen-bond acceptors (Lipinski definition) is 2.